The number of unbranched alkanes of at least 4 members (excludes halogenated alkanes) is 3. The first-order valence-corrected chi connectivity index (χ1v) is 6.69. The minimum Gasteiger partial charge on any atom is -0.487 e. The fourth-order valence-corrected chi connectivity index (χ4v) is 0.849. The van der Waals surface area contributed by atoms with Crippen LogP contribution in [-0.2, 0) is 0 Å². The molecular weight excluding hydrogens is 256 g/mol. The standard InChI is InChI=1S/C7H15NOS.C3H8.CH3NOS/c1-2-3-4-5-6-8-7(9)10;1-3-2;2-1(3)4/h2-6H2,1H3,(H2,8,9,10);3H2,1-2H3;(H3,2,3,4). The molecule has 6 heteroatoms. The van der Waals surface area contributed by atoms with E-state index in [0.29, 0.717) is 0 Å². The van der Waals surface area contributed by atoms with Crippen molar-refractivity contribution >= 4 is 34.8 Å². The Labute approximate surface area is 116 Å². The van der Waals surface area contributed by atoms with Crippen molar-refractivity contribution in [3.05, 3.63) is 0 Å². The van der Waals surface area contributed by atoms with Crippen molar-refractivity contribution in [2.75, 3.05) is 6.54 Å². The van der Waals surface area contributed by atoms with Crippen LogP contribution in [0.15, 0.2) is 0 Å². The number of rotatable bonds is 5. The van der Waals surface area contributed by atoms with E-state index in [9.17, 15) is 0 Å². The van der Waals surface area contributed by atoms with Gasteiger partial charge in [-0.2, -0.15) is 0 Å². The van der Waals surface area contributed by atoms with E-state index in [0.717, 1.165) is 13.0 Å². The second kappa shape index (κ2) is 20.8. The van der Waals surface area contributed by atoms with Crippen LogP contribution in [0.4, 0.5) is 0 Å². The number of hydrogen-bond acceptors (Lipinski definition) is 2. The maximum atomic E-state index is 8.53. The highest BCUT2D eigenvalue weighted by atomic mass is 32.1. The third-order valence-electron chi connectivity index (χ3n) is 1.31. The van der Waals surface area contributed by atoms with E-state index in [4.69, 9.17) is 10.2 Å². The minimum absolute atomic E-state index is 0.0866. The van der Waals surface area contributed by atoms with Gasteiger partial charge in [-0.25, -0.2) is 0 Å². The highest BCUT2D eigenvalue weighted by Gasteiger charge is 1.88. The zero-order valence-corrected chi connectivity index (χ0v) is 12.7. The molecule has 0 bridgehead atoms. The van der Waals surface area contributed by atoms with Crippen LogP contribution in [0.2, 0.25) is 0 Å². The number of nitrogens with one attached hydrogen (secondary N) is 1. The van der Waals surface area contributed by atoms with E-state index < -0.39 is 5.17 Å². The van der Waals surface area contributed by atoms with Gasteiger partial charge in [-0.05, 0) is 30.9 Å². The van der Waals surface area contributed by atoms with Crippen LogP contribution >= 0.6 is 24.4 Å². The Kier molecular flexibility index (Phi) is 26.4. The fourth-order valence-electron chi connectivity index (χ4n) is 0.747. The van der Waals surface area contributed by atoms with Crippen molar-refractivity contribution in [2.45, 2.75) is 52.9 Å². The topological polar surface area (TPSA) is 78.5 Å². The summed E-state index contributed by atoms with van der Waals surface area (Å²) in [4.78, 5) is 0. The predicted molar refractivity (Wildman–Crippen MR) is 82.8 cm³/mol. The molecule has 0 amide bonds. The average Bonchev–Trinajstić information content (AvgIpc) is 2.17. The summed E-state index contributed by atoms with van der Waals surface area (Å²) in [6.07, 6.45) is 6.06. The number of aliphatic hydroxyl groups is 2. The molecule has 0 atom stereocenters. The number of aliphatic hydroxyl groups excluding tert-OH is 2. The Morgan fingerprint density at radius 2 is 1.47 bits per heavy atom. The normalized spacial score (nSPS) is 7.94. The molecular formula is C11H26N2O2S2. The highest BCUT2D eigenvalue weighted by molar-refractivity contribution is 7.80. The maximum absolute atomic E-state index is 8.53. The molecule has 0 aromatic rings. The Morgan fingerprint density at radius 3 is 1.76 bits per heavy atom. The molecule has 17 heavy (non-hydrogen) atoms. The van der Waals surface area contributed by atoms with Crippen molar-refractivity contribution in [3.8, 4) is 0 Å². The molecule has 0 radical (unpaired) electrons. The summed E-state index contributed by atoms with van der Waals surface area (Å²) in [6, 6.07) is 0. The predicted octanol–water partition coefficient (Wildman–Crippen LogP) is 3.20. The molecule has 0 saturated carbocycles. The largest absolute Gasteiger partial charge is 0.487 e. The molecule has 0 saturated heterocycles. The van der Waals surface area contributed by atoms with Crippen molar-refractivity contribution in [1.82, 2.24) is 5.32 Å². The van der Waals surface area contributed by atoms with Gasteiger partial charge in [-0.1, -0.05) is 46.5 Å². The molecule has 0 aliphatic heterocycles. The Bertz CT molecular complexity index is 175. The SMILES string of the molecule is CCC.CCCCCCNC(O)=S.NC(O)=S. The van der Waals surface area contributed by atoms with Gasteiger partial charge < -0.3 is 21.3 Å². The maximum Gasteiger partial charge on any atom is 0.254 e. The smallest absolute Gasteiger partial charge is 0.254 e. The third kappa shape index (κ3) is 67.6. The monoisotopic (exact) mass is 282 g/mol. The van der Waals surface area contributed by atoms with Crippen LogP contribution in [0.1, 0.15) is 52.9 Å². The zero-order valence-electron chi connectivity index (χ0n) is 11.0. The van der Waals surface area contributed by atoms with Crippen LogP contribution in [0, 0.1) is 0 Å². The summed E-state index contributed by atoms with van der Waals surface area (Å²) in [7, 11) is 0. The summed E-state index contributed by atoms with van der Waals surface area (Å²) in [5, 5.41) is 18.2. The molecule has 4 nitrogen and oxygen atoms in total. The van der Waals surface area contributed by atoms with E-state index in [1.165, 1.54) is 25.7 Å². The fraction of sp³-hybridized carbons (Fsp3) is 0.818. The molecule has 5 N–H and O–H groups in total. The number of thiocarbonyl (C=S) groups is 2. The second-order valence-corrected chi connectivity index (χ2v) is 4.14. The molecule has 0 unspecified atom stereocenters. The van der Waals surface area contributed by atoms with Crippen LogP contribution in [0.3, 0.4) is 0 Å². The van der Waals surface area contributed by atoms with Crippen molar-refractivity contribution in [2.24, 2.45) is 5.73 Å². The first-order valence-electron chi connectivity index (χ1n) is 5.87. The van der Waals surface area contributed by atoms with Gasteiger partial charge in [0, 0.05) is 6.54 Å². The summed E-state index contributed by atoms with van der Waals surface area (Å²) in [6.45, 7) is 7.22. The van der Waals surface area contributed by atoms with E-state index in [2.05, 4.69) is 56.3 Å². The van der Waals surface area contributed by atoms with Gasteiger partial charge in [0.1, 0.15) is 0 Å². The molecule has 104 valence electrons. The van der Waals surface area contributed by atoms with Gasteiger partial charge >= 0.3 is 0 Å². The van der Waals surface area contributed by atoms with Gasteiger partial charge in [0.25, 0.3) is 10.3 Å². The molecule has 0 aliphatic carbocycles. The zero-order chi connectivity index (χ0) is 14.1. The third-order valence-corrected chi connectivity index (χ3v) is 1.45. The van der Waals surface area contributed by atoms with E-state index in [1.54, 1.807) is 0 Å². The molecule has 0 fully saturated rings. The molecule has 0 spiro atoms. The van der Waals surface area contributed by atoms with E-state index in [-0.39, 0.29) is 5.17 Å². The Balaban J connectivity index is -0.000000232. The van der Waals surface area contributed by atoms with Crippen LogP contribution < -0.4 is 11.1 Å². The number of hydrogen-bond donors (Lipinski definition) is 4. The molecule has 0 aliphatic rings. The second-order valence-electron chi connectivity index (χ2n) is 3.34. The van der Waals surface area contributed by atoms with Gasteiger partial charge in [-0.3, -0.25) is 0 Å². The van der Waals surface area contributed by atoms with Crippen molar-refractivity contribution in [3.63, 3.8) is 0 Å². The van der Waals surface area contributed by atoms with Gasteiger partial charge in [-0.15, -0.1) is 0 Å². The van der Waals surface area contributed by atoms with Crippen molar-refractivity contribution < 1.29 is 10.2 Å². The number of nitrogens with two attached hydrogens (primary N) is 1. The summed E-state index contributed by atoms with van der Waals surface area (Å²) < 4.78 is 0. The lowest BCUT2D eigenvalue weighted by atomic mass is 10.2. The van der Waals surface area contributed by atoms with Crippen LogP contribution in [0.25, 0.3) is 0 Å². The average molecular weight is 282 g/mol. The van der Waals surface area contributed by atoms with Crippen LogP contribution in [0.5, 0.6) is 0 Å². The Hall–Kier alpha value is -0.620. The molecule has 0 aromatic carbocycles. The quantitative estimate of drug-likeness (QED) is 0.458. The lowest BCUT2D eigenvalue weighted by Gasteiger charge is -2.00. The van der Waals surface area contributed by atoms with Crippen molar-refractivity contribution in [1.29, 1.82) is 0 Å². The van der Waals surface area contributed by atoms with E-state index in [1.807, 2.05) is 0 Å². The summed E-state index contributed by atoms with van der Waals surface area (Å²) >= 11 is 8.29. The van der Waals surface area contributed by atoms with E-state index >= 15 is 0 Å². The highest BCUT2D eigenvalue weighted by Crippen LogP contribution is 1.96. The first kappa shape index (κ1) is 21.6. The summed E-state index contributed by atoms with van der Waals surface area (Å²) in [5.74, 6) is 0. The van der Waals surface area contributed by atoms with Crippen LogP contribution in [-0.4, -0.2) is 27.1 Å². The summed E-state index contributed by atoms with van der Waals surface area (Å²) in [5.41, 5.74) is 4.40. The van der Waals surface area contributed by atoms with Gasteiger partial charge in [0.05, 0.1) is 0 Å². The Morgan fingerprint density at radius 1 is 1.06 bits per heavy atom. The molecule has 0 heterocycles. The molecule has 0 rings (SSSR count). The van der Waals surface area contributed by atoms with Gasteiger partial charge in [0.15, 0.2) is 0 Å². The first-order chi connectivity index (χ1) is 7.92. The molecule has 0 aromatic heterocycles. The lowest BCUT2D eigenvalue weighted by Crippen LogP contribution is -2.21. The lowest BCUT2D eigenvalue weighted by molar-refractivity contribution is 0.523. The minimum atomic E-state index is -0.500. The van der Waals surface area contributed by atoms with Gasteiger partial charge in [0.2, 0.25) is 0 Å².